The van der Waals surface area contributed by atoms with Crippen LogP contribution in [-0.4, -0.2) is 29.8 Å². The maximum atomic E-state index is 6.15. The van der Waals surface area contributed by atoms with E-state index in [0.717, 1.165) is 41.3 Å². The Balaban J connectivity index is 2.11. The number of imidazole rings is 1. The van der Waals surface area contributed by atoms with Crippen molar-refractivity contribution in [1.29, 1.82) is 0 Å². The third kappa shape index (κ3) is 3.19. The van der Waals surface area contributed by atoms with Crippen molar-refractivity contribution in [2.24, 2.45) is 7.05 Å². The minimum atomic E-state index is 0.652. The molecule has 0 saturated carbocycles. The summed E-state index contributed by atoms with van der Waals surface area (Å²) in [6.07, 6.45) is 0. The average molecular weight is 373 g/mol. The van der Waals surface area contributed by atoms with E-state index in [1.54, 1.807) is 13.2 Å². The number of aryl methyl sites for hydroxylation is 2. The van der Waals surface area contributed by atoms with Crippen LogP contribution in [0.3, 0.4) is 0 Å². The van der Waals surface area contributed by atoms with E-state index in [4.69, 9.17) is 21.3 Å². The molecule has 0 bridgehead atoms. The van der Waals surface area contributed by atoms with E-state index in [0.29, 0.717) is 10.8 Å². The number of benzene rings is 2. The Morgan fingerprint density at radius 1 is 1.23 bits per heavy atom. The second kappa shape index (κ2) is 7.46. The van der Waals surface area contributed by atoms with Crippen LogP contribution < -0.4 is 15.0 Å². The van der Waals surface area contributed by atoms with Gasteiger partial charge in [-0.1, -0.05) is 17.7 Å². The quantitative estimate of drug-likeness (QED) is 0.651. The zero-order valence-corrected chi connectivity index (χ0v) is 16.7. The summed E-state index contributed by atoms with van der Waals surface area (Å²) < 4.78 is 7.59. The van der Waals surface area contributed by atoms with Crippen molar-refractivity contribution < 1.29 is 4.74 Å². The molecule has 3 aromatic rings. The van der Waals surface area contributed by atoms with Gasteiger partial charge in [0.25, 0.3) is 0 Å². The maximum absolute atomic E-state index is 6.15. The van der Waals surface area contributed by atoms with Crippen molar-refractivity contribution in [2.45, 2.75) is 20.8 Å². The lowest BCUT2D eigenvalue weighted by Crippen LogP contribution is -2.22. The standard InChI is InChI=1S/C20H25ClN4O/c1-6-25(7-2)16-10-8-9-15-19(16)24(4)20(22-15)23-18-13(3)11-14(21)12-17(18)26-5/h8-12H,6-7H2,1-5H3,(H,22,23). The van der Waals surface area contributed by atoms with E-state index < -0.39 is 0 Å². The normalized spacial score (nSPS) is 11.0. The highest BCUT2D eigenvalue weighted by Crippen LogP contribution is 2.36. The van der Waals surface area contributed by atoms with Crippen LogP contribution in [0.2, 0.25) is 5.02 Å². The van der Waals surface area contributed by atoms with E-state index in [1.165, 1.54) is 5.69 Å². The first-order valence-electron chi connectivity index (χ1n) is 8.81. The van der Waals surface area contributed by atoms with Gasteiger partial charge in [0.1, 0.15) is 5.75 Å². The van der Waals surface area contributed by atoms with Gasteiger partial charge >= 0.3 is 0 Å². The lowest BCUT2D eigenvalue weighted by molar-refractivity contribution is 0.416. The van der Waals surface area contributed by atoms with Crippen molar-refractivity contribution in [1.82, 2.24) is 9.55 Å². The fourth-order valence-electron chi connectivity index (χ4n) is 3.33. The molecule has 1 aromatic heterocycles. The van der Waals surface area contributed by atoms with Gasteiger partial charge in [0, 0.05) is 31.2 Å². The summed E-state index contributed by atoms with van der Waals surface area (Å²) in [5.74, 6) is 1.47. The SMILES string of the molecule is CCN(CC)c1cccc2nc(Nc3c(C)cc(Cl)cc3OC)n(C)c12. The van der Waals surface area contributed by atoms with Crippen molar-refractivity contribution >= 4 is 40.0 Å². The van der Waals surface area contributed by atoms with Crippen molar-refractivity contribution in [3.05, 3.63) is 40.9 Å². The highest BCUT2D eigenvalue weighted by Gasteiger charge is 2.17. The number of nitrogens with zero attached hydrogens (tertiary/aromatic N) is 3. The van der Waals surface area contributed by atoms with Gasteiger partial charge in [-0.25, -0.2) is 4.98 Å². The molecule has 0 saturated heterocycles. The molecule has 3 rings (SSSR count). The molecule has 0 fully saturated rings. The number of methoxy groups -OCH3 is 1. The molecular formula is C20H25ClN4O. The van der Waals surface area contributed by atoms with Gasteiger partial charge in [0.05, 0.1) is 29.5 Å². The van der Waals surface area contributed by atoms with Crippen LogP contribution in [0.4, 0.5) is 17.3 Å². The first kappa shape index (κ1) is 18.4. The van der Waals surface area contributed by atoms with Crippen LogP contribution >= 0.6 is 11.6 Å². The number of hydrogen-bond donors (Lipinski definition) is 1. The predicted octanol–water partition coefficient (Wildman–Crippen LogP) is 5.13. The van der Waals surface area contributed by atoms with Crippen LogP contribution in [0.15, 0.2) is 30.3 Å². The highest BCUT2D eigenvalue weighted by molar-refractivity contribution is 6.31. The van der Waals surface area contributed by atoms with Crippen molar-refractivity contribution in [3.8, 4) is 5.75 Å². The number of ether oxygens (including phenoxy) is 1. The molecule has 2 aromatic carbocycles. The average Bonchev–Trinajstić information content (AvgIpc) is 2.94. The monoisotopic (exact) mass is 372 g/mol. The maximum Gasteiger partial charge on any atom is 0.208 e. The molecule has 1 N–H and O–H groups in total. The van der Waals surface area contributed by atoms with E-state index in [1.807, 2.05) is 26.1 Å². The van der Waals surface area contributed by atoms with Gasteiger partial charge in [0.2, 0.25) is 5.95 Å². The second-order valence-corrected chi connectivity index (χ2v) is 6.67. The predicted molar refractivity (Wildman–Crippen MR) is 110 cm³/mol. The van der Waals surface area contributed by atoms with Gasteiger partial charge in [-0.2, -0.15) is 0 Å². The van der Waals surface area contributed by atoms with Crippen LogP contribution in [0.5, 0.6) is 5.75 Å². The number of hydrogen-bond acceptors (Lipinski definition) is 4. The minimum Gasteiger partial charge on any atom is -0.495 e. The summed E-state index contributed by atoms with van der Waals surface area (Å²) >= 11 is 6.15. The Kier molecular flexibility index (Phi) is 5.28. The number of anilines is 3. The van der Waals surface area contributed by atoms with Crippen LogP contribution in [-0.2, 0) is 7.05 Å². The number of aromatic nitrogens is 2. The molecule has 0 atom stereocenters. The zero-order chi connectivity index (χ0) is 18.8. The molecule has 0 aliphatic heterocycles. The molecule has 6 heteroatoms. The minimum absolute atomic E-state index is 0.652. The molecule has 0 spiro atoms. The fourth-order valence-corrected chi connectivity index (χ4v) is 3.59. The molecule has 0 amide bonds. The second-order valence-electron chi connectivity index (χ2n) is 6.24. The lowest BCUT2D eigenvalue weighted by atomic mass is 10.2. The number of nitrogens with one attached hydrogen (secondary N) is 1. The Hall–Kier alpha value is -2.40. The summed E-state index contributed by atoms with van der Waals surface area (Å²) in [6, 6.07) is 9.96. The molecule has 5 nitrogen and oxygen atoms in total. The van der Waals surface area contributed by atoms with E-state index in [2.05, 4.69) is 40.8 Å². The molecule has 0 aliphatic rings. The Morgan fingerprint density at radius 2 is 1.96 bits per heavy atom. The van der Waals surface area contributed by atoms with Gasteiger partial charge in [0.15, 0.2) is 0 Å². The molecule has 1 heterocycles. The topological polar surface area (TPSA) is 42.3 Å². The number of para-hydroxylation sites is 1. The number of rotatable bonds is 6. The molecule has 0 aliphatic carbocycles. The first-order valence-corrected chi connectivity index (χ1v) is 9.19. The van der Waals surface area contributed by atoms with E-state index in [9.17, 15) is 0 Å². The fraction of sp³-hybridized carbons (Fsp3) is 0.350. The van der Waals surface area contributed by atoms with Gasteiger partial charge in [-0.3, -0.25) is 0 Å². The summed E-state index contributed by atoms with van der Waals surface area (Å²) in [4.78, 5) is 7.13. The lowest BCUT2D eigenvalue weighted by Gasteiger charge is -2.22. The summed E-state index contributed by atoms with van der Waals surface area (Å²) in [7, 11) is 3.67. The first-order chi connectivity index (χ1) is 12.5. The van der Waals surface area contributed by atoms with Crippen LogP contribution in [0.25, 0.3) is 11.0 Å². The smallest absolute Gasteiger partial charge is 0.208 e. The largest absolute Gasteiger partial charge is 0.495 e. The molecule has 138 valence electrons. The third-order valence-corrected chi connectivity index (χ3v) is 4.92. The number of fused-ring (bicyclic) bond motifs is 1. The molecular weight excluding hydrogens is 348 g/mol. The van der Waals surface area contributed by atoms with Crippen LogP contribution in [0.1, 0.15) is 19.4 Å². The molecule has 0 unspecified atom stereocenters. The van der Waals surface area contributed by atoms with Gasteiger partial charge in [-0.15, -0.1) is 0 Å². The molecule has 26 heavy (non-hydrogen) atoms. The van der Waals surface area contributed by atoms with Gasteiger partial charge < -0.3 is 19.5 Å². The Labute approximate surface area is 159 Å². The van der Waals surface area contributed by atoms with E-state index >= 15 is 0 Å². The number of halogens is 1. The van der Waals surface area contributed by atoms with E-state index in [-0.39, 0.29) is 0 Å². The highest BCUT2D eigenvalue weighted by atomic mass is 35.5. The Bertz CT molecular complexity index is 931. The van der Waals surface area contributed by atoms with Crippen molar-refractivity contribution in [3.63, 3.8) is 0 Å². The summed E-state index contributed by atoms with van der Waals surface area (Å²) in [5.41, 5.74) is 5.15. The zero-order valence-electron chi connectivity index (χ0n) is 15.9. The van der Waals surface area contributed by atoms with Crippen LogP contribution in [0, 0.1) is 6.92 Å². The van der Waals surface area contributed by atoms with Gasteiger partial charge in [-0.05, 0) is 44.5 Å². The van der Waals surface area contributed by atoms with Crippen molar-refractivity contribution in [2.75, 3.05) is 30.4 Å². The third-order valence-electron chi connectivity index (χ3n) is 4.70. The summed E-state index contributed by atoms with van der Waals surface area (Å²) in [6.45, 7) is 8.24. The summed E-state index contributed by atoms with van der Waals surface area (Å²) in [5, 5.41) is 4.08. The Morgan fingerprint density at radius 3 is 2.62 bits per heavy atom. The molecule has 0 radical (unpaired) electrons.